The van der Waals surface area contributed by atoms with E-state index in [-0.39, 0.29) is 6.10 Å². The molecule has 0 spiro atoms. The highest BCUT2D eigenvalue weighted by molar-refractivity contribution is 5.29. The summed E-state index contributed by atoms with van der Waals surface area (Å²) >= 11 is 0. The third-order valence-corrected chi connectivity index (χ3v) is 2.25. The molecule has 0 amide bonds. The zero-order valence-electron chi connectivity index (χ0n) is 10.1. The van der Waals surface area contributed by atoms with E-state index in [1.54, 1.807) is 11.6 Å². The Kier molecular flexibility index (Phi) is 3.74. The smallest absolute Gasteiger partial charge is 0.236 e. The van der Waals surface area contributed by atoms with E-state index in [1.807, 2.05) is 27.7 Å². The number of aromatic nitrogens is 2. The fourth-order valence-electron chi connectivity index (χ4n) is 1.37. The van der Waals surface area contributed by atoms with Gasteiger partial charge in [-0.25, -0.2) is 0 Å². The van der Waals surface area contributed by atoms with Crippen molar-refractivity contribution >= 4 is 0 Å². The van der Waals surface area contributed by atoms with Crippen molar-refractivity contribution in [1.82, 2.24) is 9.78 Å². The van der Waals surface area contributed by atoms with Crippen LogP contribution in [0.5, 0.6) is 5.88 Å². The lowest BCUT2D eigenvalue weighted by molar-refractivity contribution is 0.165. The zero-order chi connectivity index (χ0) is 11.6. The van der Waals surface area contributed by atoms with Gasteiger partial charge < -0.3 is 9.84 Å². The molecule has 1 atom stereocenters. The van der Waals surface area contributed by atoms with E-state index < -0.39 is 6.10 Å². The van der Waals surface area contributed by atoms with E-state index in [9.17, 15) is 5.11 Å². The quantitative estimate of drug-likeness (QED) is 0.825. The monoisotopic (exact) mass is 212 g/mol. The van der Waals surface area contributed by atoms with Gasteiger partial charge in [-0.2, -0.15) is 0 Å². The Balaban J connectivity index is 2.91. The predicted octanol–water partition coefficient (Wildman–Crippen LogP) is 1.67. The molecule has 0 saturated carbocycles. The van der Waals surface area contributed by atoms with Crippen LogP contribution >= 0.6 is 0 Å². The van der Waals surface area contributed by atoms with Gasteiger partial charge in [0.1, 0.15) is 0 Å². The Bertz CT molecular complexity index is 299. The second-order valence-electron chi connectivity index (χ2n) is 4.21. The van der Waals surface area contributed by atoms with Crippen LogP contribution in [0.1, 0.15) is 32.0 Å². The highest BCUT2D eigenvalue weighted by atomic mass is 16.5. The summed E-state index contributed by atoms with van der Waals surface area (Å²) < 4.78 is 7.36. The molecule has 1 aromatic rings. The predicted molar refractivity (Wildman–Crippen MR) is 59.1 cm³/mol. The maximum absolute atomic E-state index is 9.31. The topological polar surface area (TPSA) is 47.3 Å². The van der Waals surface area contributed by atoms with E-state index in [0.717, 1.165) is 11.3 Å². The van der Waals surface area contributed by atoms with Crippen LogP contribution in [0.25, 0.3) is 0 Å². The summed E-state index contributed by atoms with van der Waals surface area (Å²) in [6, 6.07) is 0. The lowest BCUT2D eigenvalue weighted by Crippen LogP contribution is -2.14. The van der Waals surface area contributed by atoms with Crippen molar-refractivity contribution < 1.29 is 9.84 Å². The van der Waals surface area contributed by atoms with Crippen molar-refractivity contribution in [3.8, 4) is 5.88 Å². The minimum absolute atomic E-state index is 0.123. The Hall–Kier alpha value is -1.03. The first-order chi connectivity index (χ1) is 6.91. The summed E-state index contributed by atoms with van der Waals surface area (Å²) in [6.45, 7) is 10.2. The third-order valence-electron chi connectivity index (χ3n) is 2.25. The second-order valence-corrected chi connectivity index (χ2v) is 4.21. The van der Waals surface area contributed by atoms with Gasteiger partial charge >= 0.3 is 0 Å². The molecule has 0 bridgehead atoms. The lowest BCUT2D eigenvalue weighted by Gasteiger charge is -2.07. The van der Waals surface area contributed by atoms with Crippen molar-refractivity contribution in [1.29, 1.82) is 0 Å². The number of hydrogen-bond donors (Lipinski definition) is 1. The van der Waals surface area contributed by atoms with Gasteiger partial charge in [-0.3, -0.25) is 4.68 Å². The average Bonchev–Trinajstić information content (AvgIpc) is 2.32. The molecule has 4 heteroatoms. The van der Waals surface area contributed by atoms with Crippen LogP contribution < -0.4 is 4.74 Å². The molecule has 4 nitrogen and oxygen atoms in total. The normalized spacial score (nSPS) is 13.3. The second kappa shape index (κ2) is 4.66. The summed E-state index contributed by atoms with van der Waals surface area (Å²) in [6.07, 6.45) is -0.270. The van der Waals surface area contributed by atoms with E-state index in [2.05, 4.69) is 5.10 Å². The number of nitrogens with zero attached hydrogens (tertiary/aromatic N) is 2. The SMILES string of the molecule is Cc1c(OC(C)C)nn(C[C@@H](C)O)c1C. The minimum atomic E-state index is -0.394. The number of aliphatic hydroxyl groups is 1. The van der Waals surface area contributed by atoms with Crippen LogP contribution in [0.15, 0.2) is 0 Å². The van der Waals surface area contributed by atoms with Gasteiger partial charge in [-0.05, 0) is 34.6 Å². The summed E-state index contributed by atoms with van der Waals surface area (Å²) in [4.78, 5) is 0. The number of aliphatic hydroxyl groups excluding tert-OH is 1. The molecule has 86 valence electrons. The standard InChI is InChI=1S/C11H20N2O2/c1-7(2)15-11-9(4)10(5)13(12-11)6-8(3)14/h7-8,14H,6H2,1-5H3/t8-/m1/s1. The molecule has 0 radical (unpaired) electrons. The van der Waals surface area contributed by atoms with Gasteiger partial charge in [0.05, 0.1) is 18.8 Å². The van der Waals surface area contributed by atoms with Crippen LogP contribution in [0.4, 0.5) is 0 Å². The maximum Gasteiger partial charge on any atom is 0.236 e. The van der Waals surface area contributed by atoms with Crippen molar-refractivity contribution in [2.24, 2.45) is 0 Å². The van der Waals surface area contributed by atoms with Crippen LogP contribution in [-0.4, -0.2) is 27.1 Å². The Morgan fingerprint density at radius 3 is 2.40 bits per heavy atom. The first kappa shape index (κ1) is 12.0. The minimum Gasteiger partial charge on any atom is -0.474 e. The van der Waals surface area contributed by atoms with E-state index in [1.165, 1.54) is 0 Å². The maximum atomic E-state index is 9.31. The van der Waals surface area contributed by atoms with Gasteiger partial charge in [0.25, 0.3) is 0 Å². The van der Waals surface area contributed by atoms with Gasteiger partial charge in [0.15, 0.2) is 0 Å². The van der Waals surface area contributed by atoms with Gasteiger partial charge in [0, 0.05) is 11.3 Å². The molecule has 1 heterocycles. The number of ether oxygens (including phenoxy) is 1. The average molecular weight is 212 g/mol. The Morgan fingerprint density at radius 1 is 1.33 bits per heavy atom. The van der Waals surface area contributed by atoms with Crippen molar-refractivity contribution in [3.05, 3.63) is 11.3 Å². The number of rotatable bonds is 4. The molecule has 0 aliphatic rings. The molecule has 0 aliphatic heterocycles. The zero-order valence-corrected chi connectivity index (χ0v) is 10.1. The van der Waals surface area contributed by atoms with Crippen molar-refractivity contribution in [2.75, 3.05) is 0 Å². The van der Waals surface area contributed by atoms with Crippen LogP contribution in [-0.2, 0) is 6.54 Å². The van der Waals surface area contributed by atoms with E-state index >= 15 is 0 Å². The molecular weight excluding hydrogens is 192 g/mol. The first-order valence-electron chi connectivity index (χ1n) is 5.30. The summed E-state index contributed by atoms with van der Waals surface area (Å²) in [5.74, 6) is 0.670. The van der Waals surface area contributed by atoms with Crippen molar-refractivity contribution in [2.45, 2.75) is 53.4 Å². The number of hydrogen-bond acceptors (Lipinski definition) is 3. The third kappa shape index (κ3) is 2.96. The van der Waals surface area contributed by atoms with Crippen LogP contribution in [0, 0.1) is 13.8 Å². The molecule has 0 aliphatic carbocycles. The van der Waals surface area contributed by atoms with Gasteiger partial charge in [0.2, 0.25) is 5.88 Å². The fraction of sp³-hybridized carbons (Fsp3) is 0.727. The van der Waals surface area contributed by atoms with Crippen molar-refractivity contribution in [3.63, 3.8) is 0 Å². The molecule has 1 aromatic heterocycles. The van der Waals surface area contributed by atoms with Crippen LogP contribution in [0.3, 0.4) is 0 Å². The highest BCUT2D eigenvalue weighted by Crippen LogP contribution is 2.20. The molecule has 1 rings (SSSR count). The Labute approximate surface area is 90.9 Å². The Morgan fingerprint density at radius 2 is 1.93 bits per heavy atom. The first-order valence-corrected chi connectivity index (χ1v) is 5.30. The molecular formula is C11H20N2O2. The molecule has 0 aromatic carbocycles. The molecule has 0 unspecified atom stereocenters. The largest absolute Gasteiger partial charge is 0.474 e. The highest BCUT2D eigenvalue weighted by Gasteiger charge is 2.13. The summed E-state index contributed by atoms with van der Waals surface area (Å²) in [5, 5.41) is 13.6. The molecule has 15 heavy (non-hydrogen) atoms. The molecule has 0 fully saturated rings. The van der Waals surface area contributed by atoms with E-state index in [0.29, 0.717) is 12.4 Å². The summed E-state index contributed by atoms with van der Waals surface area (Å²) in [7, 11) is 0. The fourth-order valence-corrected chi connectivity index (χ4v) is 1.37. The van der Waals surface area contributed by atoms with E-state index in [4.69, 9.17) is 4.74 Å². The summed E-state index contributed by atoms with van der Waals surface area (Å²) in [5.41, 5.74) is 2.09. The molecule has 1 N–H and O–H groups in total. The van der Waals surface area contributed by atoms with Gasteiger partial charge in [-0.1, -0.05) is 0 Å². The van der Waals surface area contributed by atoms with Gasteiger partial charge in [-0.15, -0.1) is 5.10 Å². The van der Waals surface area contributed by atoms with Crippen LogP contribution in [0.2, 0.25) is 0 Å². The molecule has 0 saturated heterocycles. The lowest BCUT2D eigenvalue weighted by atomic mass is 10.3.